The van der Waals surface area contributed by atoms with E-state index in [1.807, 2.05) is 6.07 Å². The quantitative estimate of drug-likeness (QED) is 0.713. The summed E-state index contributed by atoms with van der Waals surface area (Å²) in [6.07, 6.45) is 0.0453. The highest BCUT2D eigenvalue weighted by Crippen LogP contribution is 2.21. The van der Waals surface area contributed by atoms with Crippen molar-refractivity contribution in [2.45, 2.75) is 11.3 Å². The van der Waals surface area contributed by atoms with Crippen molar-refractivity contribution in [3.05, 3.63) is 58.6 Å². The van der Waals surface area contributed by atoms with Gasteiger partial charge in [0.05, 0.1) is 23.5 Å². The van der Waals surface area contributed by atoms with E-state index in [2.05, 4.69) is 21.2 Å². The van der Waals surface area contributed by atoms with Crippen LogP contribution in [0, 0.1) is 0 Å². The first-order valence-corrected chi connectivity index (χ1v) is 9.91. The van der Waals surface area contributed by atoms with Crippen LogP contribution in [0.3, 0.4) is 0 Å². The van der Waals surface area contributed by atoms with Gasteiger partial charge in [0.15, 0.2) is 0 Å². The number of hydrogen-bond donors (Lipinski definition) is 2. The second-order valence-corrected chi connectivity index (χ2v) is 8.06. The third-order valence-corrected chi connectivity index (χ3v) is 5.18. The van der Waals surface area contributed by atoms with Gasteiger partial charge in [0.2, 0.25) is 21.8 Å². The Morgan fingerprint density at radius 1 is 1.12 bits per heavy atom. The van der Waals surface area contributed by atoms with Crippen LogP contribution in [0.5, 0.6) is 0 Å². The van der Waals surface area contributed by atoms with E-state index in [0.717, 1.165) is 4.47 Å². The van der Waals surface area contributed by atoms with Crippen LogP contribution in [-0.4, -0.2) is 38.7 Å². The van der Waals surface area contributed by atoms with E-state index >= 15 is 0 Å². The number of benzene rings is 2. The molecule has 2 rings (SSSR count). The van der Waals surface area contributed by atoms with Gasteiger partial charge in [-0.2, -0.15) is 0 Å². The van der Waals surface area contributed by atoms with Gasteiger partial charge in [-0.05, 0) is 45.8 Å². The number of nitrogens with two attached hydrogens (primary N) is 1. The van der Waals surface area contributed by atoms with Gasteiger partial charge in [-0.25, -0.2) is 13.6 Å². The largest absolute Gasteiger partial charge is 0.336 e. The lowest BCUT2D eigenvalue weighted by Gasteiger charge is -2.17. The summed E-state index contributed by atoms with van der Waals surface area (Å²) in [4.78, 5) is 25.6. The zero-order chi connectivity index (χ0) is 19.3. The summed E-state index contributed by atoms with van der Waals surface area (Å²) in [6, 6.07) is 12.9. The molecule has 138 valence electrons. The Morgan fingerprint density at radius 3 is 2.31 bits per heavy atom. The number of likely N-dealkylation sites (N-methyl/N-ethyl adjacent to an activating group) is 1. The molecule has 0 aromatic heterocycles. The van der Waals surface area contributed by atoms with Crippen molar-refractivity contribution in [1.82, 2.24) is 4.90 Å². The Balaban J connectivity index is 1.93. The average molecular weight is 440 g/mol. The Labute approximate surface area is 160 Å². The van der Waals surface area contributed by atoms with Crippen molar-refractivity contribution in [2.24, 2.45) is 5.14 Å². The van der Waals surface area contributed by atoms with E-state index in [1.165, 1.54) is 36.2 Å². The minimum Gasteiger partial charge on any atom is -0.336 e. The van der Waals surface area contributed by atoms with E-state index in [9.17, 15) is 18.0 Å². The SMILES string of the molecule is CN(CC(=O)Nc1ccccc1Br)C(=O)Cc1ccc(S(N)(=O)=O)cc1. The zero-order valence-electron chi connectivity index (χ0n) is 14.0. The lowest BCUT2D eigenvalue weighted by Crippen LogP contribution is -2.35. The fourth-order valence-electron chi connectivity index (χ4n) is 2.16. The van der Waals surface area contributed by atoms with E-state index in [-0.39, 0.29) is 29.7 Å². The predicted molar refractivity (Wildman–Crippen MR) is 102 cm³/mol. The van der Waals surface area contributed by atoms with Crippen LogP contribution in [0.1, 0.15) is 5.56 Å². The number of carbonyl (C=O) groups is 2. The molecule has 0 aliphatic carbocycles. The lowest BCUT2D eigenvalue weighted by atomic mass is 10.1. The molecule has 0 radical (unpaired) electrons. The maximum atomic E-state index is 12.2. The predicted octanol–water partition coefficient (Wildman–Crippen LogP) is 1.74. The molecule has 9 heteroatoms. The van der Waals surface area contributed by atoms with Crippen LogP contribution >= 0.6 is 15.9 Å². The minimum atomic E-state index is -3.77. The molecular formula is C17H18BrN3O4S. The summed E-state index contributed by atoms with van der Waals surface area (Å²) in [6.45, 7) is -0.102. The molecule has 0 spiro atoms. The van der Waals surface area contributed by atoms with Crippen LogP contribution in [0.25, 0.3) is 0 Å². The van der Waals surface area contributed by atoms with Crippen LogP contribution in [0.2, 0.25) is 0 Å². The number of para-hydroxylation sites is 1. The highest BCUT2D eigenvalue weighted by molar-refractivity contribution is 9.10. The van der Waals surface area contributed by atoms with Gasteiger partial charge in [-0.15, -0.1) is 0 Å². The first-order valence-electron chi connectivity index (χ1n) is 7.57. The molecule has 0 heterocycles. The van der Waals surface area contributed by atoms with Gasteiger partial charge < -0.3 is 10.2 Å². The third kappa shape index (κ3) is 5.65. The third-order valence-electron chi connectivity index (χ3n) is 3.56. The average Bonchev–Trinajstić information content (AvgIpc) is 2.56. The van der Waals surface area contributed by atoms with E-state index < -0.39 is 10.0 Å². The number of hydrogen-bond acceptors (Lipinski definition) is 4. The van der Waals surface area contributed by atoms with Gasteiger partial charge in [0, 0.05) is 11.5 Å². The Bertz CT molecular complexity index is 914. The molecule has 0 aliphatic rings. The van der Waals surface area contributed by atoms with Crippen molar-refractivity contribution in [1.29, 1.82) is 0 Å². The Morgan fingerprint density at radius 2 is 1.73 bits per heavy atom. The van der Waals surface area contributed by atoms with Gasteiger partial charge in [0.25, 0.3) is 0 Å². The molecule has 3 N–H and O–H groups in total. The van der Waals surface area contributed by atoms with Gasteiger partial charge in [-0.3, -0.25) is 9.59 Å². The summed E-state index contributed by atoms with van der Waals surface area (Å²) in [7, 11) is -2.24. The number of halogens is 1. The molecule has 0 bridgehead atoms. The molecule has 2 aromatic carbocycles. The topological polar surface area (TPSA) is 110 Å². The Kier molecular flexibility index (Phi) is 6.52. The second-order valence-electron chi connectivity index (χ2n) is 5.64. The van der Waals surface area contributed by atoms with Crippen LogP contribution in [0.15, 0.2) is 57.9 Å². The van der Waals surface area contributed by atoms with Crippen molar-refractivity contribution in [3.63, 3.8) is 0 Å². The smallest absolute Gasteiger partial charge is 0.244 e. The molecular weight excluding hydrogens is 422 g/mol. The number of carbonyl (C=O) groups excluding carboxylic acids is 2. The maximum absolute atomic E-state index is 12.2. The molecule has 0 fully saturated rings. The van der Waals surface area contributed by atoms with Crippen molar-refractivity contribution >= 4 is 43.5 Å². The van der Waals surface area contributed by atoms with E-state index in [4.69, 9.17) is 5.14 Å². The fourth-order valence-corrected chi connectivity index (χ4v) is 3.06. The molecule has 7 nitrogen and oxygen atoms in total. The summed E-state index contributed by atoms with van der Waals surface area (Å²) in [5.74, 6) is -0.590. The normalized spacial score (nSPS) is 11.0. The highest BCUT2D eigenvalue weighted by Gasteiger charge is 2.15. The van der Waals surface area contributed by atoms with Crippen molar-refractivity contribution in [2.75, 3.05) is 18.9 Å². The molecule has 2 amide bonds. The number of sulfonamides is 1. The first-order chi connectivity index (χ1) is 12.2. The minimum absolute atomic E-state index is 0.0186. The molecule has 0 saturated carbocycles. The van der Waals surface area contributed by atoms with Gasteiger partial charge >= 0.3 is 0 Å². The van der Waals surface area contributed by atoms with Gasteiger partial charge in [0.1, 0.15) is 0 Å². The molecule has 0 atom stereocenters. The number of anilines is 1. The summed E-state index contributed by atoms with van der Waals surface area (Å²) in [5, 5.41) is 7.76. The number of amides is 2. The van der Waals surface area contributed by atoms with Crippen LogP contribution in [-0.2, 0) is 26.0 Å². The molecule has 0 aliphatic heterocycles. The van der Waals surface area contributed by atoms with Crippen molar-refractivity contribution < 1.29 is 18.0 Å². The Hall–Kier alpha value is -2.23. The maximum Gasteiger partial charge on any atom is 0.244 e. The fraction of sp³-hybridized carbons (Fsp3) is 0.176. The molecule has 0 saturated heterocycles. The molecule has 2 aromatic rings. The summed E-state index contributed by atoms with van der Waals surface area (Å²) < 4.78 is 23.2. The van der Waals surface area contributed by atoms with Gasteiger partial charge in [-0.1, -0.05) is 24.3 Å². The number of nitrogens with one attached hydrogen (secondary N) is 1. The lowest BCUT2D eigenvalue weighted by molar-refractivity contribution is -0.132. The molecule has 0 unspecified atom stereocenters. The highest BCUT2D eigenvalue weighted by atomic mass is 79.9. The summed E-state index contributed by atoms with van der Waals surface area (Å²) >= 11 is 3.34. The zero-order valence-corrected chi connectivity index (χ0v) is 16.4. The van der Waals surface area contributed by atoms with Crippen LogP contribution < -0.4 is 10.5 Å². The number of primary sulfonamides is 1. The standard InChI is InChI=1S/C17H18BrN3O4S/c1-21(11-16(22)20-15-5-3-2-4-14(15)18)17(23)10-12-6-8-13(9-7-12)26(19,24)25/h2-9H,10-11H2,1H3,(H,20,22)(H2,19,24,25). The molecule has 26 heavy (non-hydrogen) atoms. The van der Waals surface area contributed by atoms with Crippen LogP contribution in [0.4, 0.5) is 5.69 Å². The second kappa shape index (κ2) is 8.43. The van der Waals surface area contributed by atoms with E-state index in [0.29, 0.717) is 11.3 Å². The first kappa shape index (κ1) is 20.1. The number of nitrogens with zero attached hydrogens (tertiary/aromatic N) is 1. The van der Waals surface area contributed by atoms with Crippen molar-refractivity contribution in [3.8, 4) is 0 Å². The monoisotopic (exact) mass is 439 g/mol. The number of rotatable bonds is 6. The van der Waals surface area contributed by atoms with E-state index in [1.54, 1.807) is 18.2 Å². The summed E-state index contributed by atoms with van der Waals surface area (Å²) in [5.41, 5.74) is 1.25.